The van der Waals surface area contributed by atoms with Crippen molar-refractivity contribution in [3.05, 3.63) is 98.8 Å². The molecule has 0 unspecified atom stereocenters. The minimum atomic E-state index is -0.694. The van der Waals surface area contributed by atoms with Crippen LogP contribution in [0.2, 0.25) is 10.0 Å². The summed E-state index contributed by atoms with van der Waals surface area (Å²) >= 11 is 13.4. The molecule has 0 fully saturated rings. The van der Waals surface area contributed by atoms with E-state index in [1.54, 1.807) is 48.1 Å². The first-order valence-corrected chi connectivity index (χ1v) is 12.1. The van der Waals surface area contributed by atoms with E-state index in [-0.39, 0.29) is 11.5 Å². The maximum atomic E-state index is 13.5. The van der Waals surface area contributed by atoms with Gasteiger partial charge in [-0.15, -0.1) is 0 Å². The first-order valence-electron chi connectivity index (χ1n) is 10.4. The van der Waals surface area contributed by atoms with Crippen LogP contribution in [-0.4, -0.2) is 29.2 Å². The van der Waals surface area contributed by atoms with Crippen LogP contribution in [0.4, 0.5) is 5.69 Å². The summed E-state index contributed by atoms with van der Waals surface area (Å²) in [6, 6.07) is 21.3. The van der Waals surface area contributed by atoms with Gasteiger partial charge in [0.05, 0.1) is 24.1 Å². The van der Waals surface area contributed by atoms with Gasteiger partial charge < -0.3 is 10.1 Å². The summed E-state index contributed by atoms with van der Waals surface area (Å²) < 4.78 is 6.76. The number of rotatable bonds is 8. The molecule has 1 N–H and O–H groups in total. The predicted octanol–water partition coefficient (Wildman–Crippen LogP) is 5.82. The van der Waals surface area contributed by atoms with Crippen molar-refractivity contribution in [2.45, 2.75) is 17.0 Å². The Balaban J connectivity index is 1.76. The molecule has 0 aliphatic rings. The molecule has 34 heavy (non-hydrogen) atoms. The van der Waals surface area contributed by atoms with Gasteiger partial charge in [0.25, 0.3) is 5.56 Å². The zero-order valence-corrected chi connectivity index (χ0v) is 20.5. The largest absolute Gasteiger partial charge is 0.383 e. The Morgan fingerprint density at radius 1 is 1.06 bits per heavy atom. The SMILES string of the molecule is COCCn1c(S[C@@H](C(=O)Nc2cc(Cl)cc(Cl)c2)c2ccccc2)nc2ccccc2c1=O. The van der Waals surface area contributed by atoms with Crippen LogP contribution in [0.5, 0.6) is 0 Å². The molecule has 174 valence electrons. The summed E-state index contributed by atoms with van der Waals surface area (Å²) in [4.78, 5) is 31.4. The second-order valence-corrected chi connectivity index (χ2v) is 9.36. The number of thioether (sulfide) groups is 1. The molecule has 4 rings (SSSR count). The lowest BCUT2D eigenvalue weighted by molar-refractivity contribution is -0.115. The van der Waals surface area contributed by atoms with E-state index in [1.165, 1.54) is 11.8 Å². The highest BCUT2D eigenvalue weighted by Crippen LogP contribution is 2.36. The standard InChI is InChI=1S/C25H21Cl2N3O3S/c1-33-12-11-30-24(32)20-9-5-6-10-21(20)29-25(30)34-22(16-7-3-2-4-8-16)23(31)28-19-14-17(26)13-18(27)15-19/h2-10,13-15,22H,11-12H2,1H3,(H,28,31)/t22-/m1/s1. The molecule has 4 aromatic rings. The molecule has 0 saturated carbocycles. The minimum absolute atomic E-state index is 0.181. The van der Waals surface area contributed by atoms with E-state index in [2.05, 4.69) is 5.32 Å². The summed E-state index contributed by atoms with van der Waals surface area (Å²) in [7, 11) is 1.57. The van der Waals surface area contributed by atoms with Crippen molar-refractivity contribution < 1.29 is 9.53 Å². The zero-order valence-electron chi connectivity index (χ0n) is 18.2. The van der Waals surface area contributed by atoms with E-state index in [4.69, 9.17) is 32.9 Å². The van der Waals surface area contributed by atoms with Crippen LogP contribution in [0.25, 0.3) is 10.9 Å². The third-order valence-corrected chi connectivity index (χ3v) is 6.72. The molecule has 1 heterocycles. The highest BCUT2D eigenvalue weighted by atomic mass is 35.5. The van der Waals surface area contributed by atoms with Gasteiger partial charge in [-0.1, -0.05) is 77.4 Å². The van der Waals surface area contributed by atoms with Gasteiger partial charge >= 0.3 is 0 Å². The fraction of sp³-hybridized carbons (Fsp3) is 0.160. The van der Waals surface area contributed by atoms with E-state index in [9.17, 15) is 9.59 Å². The number of halogens is 2. The Kier molecular flexibility index (Phi) is 7.90. The van der Waals surface area contributed by atoms with E-state index >= 15 is 0 Å². The Bertz CT molecular complexity index is 1360. The predicted molar refractivity (Wildman–Crippen MR) is 138 cm³/mol. The molecule has 1 aromatic heterocycles. The molecule has 0 spiro atoms. The maximum absolute atomic E-state index is 13.5. The molecular weight excluding hydrogens is 493 g/mol. The van der Waals surface area contributed by atoms with Gasteiger partial charge in [0, 0.05) is 22.8 Å². The fourth-order valence-electron chi connectivity index (χ4n) is 3.46. The lowest BCUT2D eigenvalue weighted by Crippen LogP contribution is -2.26. The number of hydrogen-bond acceptors (Lipinski definition) is 5. The number of anilines is 1. The quantitative estimate of drug-likeness (QED) is 0.237. The second-order valence-electron chi connectivity index (χ2n) is 7.42. The Hall–Kier alpha value is -2.84. The fourth-order valence-corrected chi connectivity index (χ4v) is 5.11. The Labute approximate surface area is 210 Å². The molecule has 0 aliphatic carbocycles. The van der Waals surface area contributed by atoms with Gasteiger partial charge in [-0.2, -0.15) is 0 Å². The van der Waals surface area contributed by atoms with E-state index in [0.717, 1.165) is 5.56 Å². The average molecular weight is 514 g/mol. The monoisotopic (exact) mass is 513 g/mol. The van der Waals surface area contributed by atoms with Crippen molar-refractivity contribution in [3.8, 4) is 0 Å². The van der Waals surface area contributed by atoms with E-state index in [1.807, 2.05) is 36.4 Å². The molecule has 0 saturated heterocycles. The van der Waals surface area contributed by atoms with Crippen molar-refractivity contribution in [2.24, 2.45) is 0 Å². The van der Waals surface area contributed by atoms with Crippen molar-refractivity contribution in [2.75, 3.05) is 19.0 Å². The van der Waals surface area contributed by atoms with Crippen molar-refractivity contribution in [1.29, 1.82) is 0 Å². The van der Waals surface area contributed by atoms with Crippen LogP contribution < -0.4 is 10.9 Å². The van der Waals surface area contributed by atoms with Crippen LogP contribution in [-0.2, 0) is 16.1 Å². The van der Waals surface area contributed by atoms with Gasteiger partial charge in [0.1, 0.15) is 5.25 Å². The van der Waals surface area contributed by atoms with Gasteiger partial charge in [-0.3, -0.25) is 14.2 Å². The summed E-state index contributed by atoms with van der Waals surface area (Å²) in [6.07, 6.45) is 0. The summed E-state index contributed by atoms with van der Waals surface area (Å²) in [6.45, 7) is 0.638. The Morgan fingerprint density at radius 2 is 1.74 bits per heavy atom. The smallest absolute Gasteiger partial charge is 0.262 e. The summed E-state index contributed by atoms with van der Waals surface area (Å²) in [5.74, 6) is -0.296. The molecule has 3 aromatic carbocycles. The molecule has 6 nitrogen and oxygen atoms in total. The molecule has 9 heteroatoms. The molecule has 1 atom stereocenters. The highest BCUT2D eigenvalue weighted by Gasteiger charge is 2.25. The van der Waals surface area contributed by atoms with Crippen molar-refractivity contribution in [3.63, 3.8) is 0 Å². The number of fused-ring (bicyclic) bond motifs is 1. The Morgan fingerprint density at radius 3 is 2.44 bits per heavy atom. The highest BCUT2D eigenvalue weighted by molar-refractivity contribution is 8.00. The maximum Gasteiger partial charge on any atom is 0.262 e. The number of aromatic nitrogens is 2. The lowest BCUT2D eigenvalue weighted by Gasteiger charge is -2.19. The number of carbonyl (C=O) groups is 1. The zero-order chi connectivity index (χ0) is 24.1. The molecule has 0 aliphatic heterocycles. The lowest BCUT2D eigenvalue weighted by atomic mass is 10.1. The summed E-state index contributed by atoms with van der Waals surface area (Å²) in [5.41, 5.74) is 1.63. The van der Waals surface area contributed by atoms with Crippen LogP contribution in [0, 0.1) is 0 Å². The molecule has 0 radical (unpaired) electrons. The number of methoxy groups -OCH3 is 1. The van der Waals surface area contributed by atoms with Crippen LogP contribution in [0.3, 0.4) is 0 Å². The third-order valence-electron chi connectivity index (χ3n) is 5.04. The van der Waals surface area contributed by atoms with Gasteiger partial charge in [-0.05, 0) is 35.9 Å². The third kappa shape index (κ3) is 5.62. The van der Waals surface area contributed by atoms with Crippen LogP contribution in [0.1, 0.15) is 10.8 Å². The molecular formula is C25H21Cl2N3O3S. The average Bonchev–Trinajstić information content (AvgIpc) is 2.82. The second kappa shape index (κ2) is 11.1. The number of hydrogen-bond donors (Lipinski definition) is 1. The van der Waals surface area contributed by atoms with E-state index < -0.39 is 5.25 Å². The first-order chi connectivity index (χ1) is 16.5. The number of ether oxygens (including phenoxy) is 1. The topological polar surface area (TPSA) is 73.2 Å². The number of para-hydroxylation sites is 1. The van der Waals surface area contributed by atoms with E-state index in [0.29, 0.717) is 44.9 Å². The van der Waals surface area contributed by atoms with Crippen LogP contribution in [0.15, 0.2) is 82.7 Å². The molecule has 1 amide bonds. The van der Waals surface area contributed by atoms with Crippen molar-refractivity contribution >= 4 is 57.5 Å². The number of benzene rings is 3. The minimum Gasteiger partial charge on any atom is -0.383 e. The number of nitrogens with one attached hydrogen (secondary N) is 1. The first kappa shape index (κ1) is 24.3. The number of carbonyl (C=O) groups excluding carboxylic acids is 1. The summed E-state index contributed by atoms with van der Waals surface area (Å²) in [5, 5.41) is 3.96. The van der Waals surface area contributed by atoms with Crippen molar-refractivity contribution in [1.82, 2.24) is 9.55 Å². The number of amides is 1. The van der Waals surface area contributed by atoms with Gasteiger partial charge in [-0.25, -0.2) is 4.98 Å². The van der Waals surface area contributed by atoms with Gasteiger partial charge in [0.15, 0.2) is 5.16 Å². The molecule has 0 bridgehead atoms. The normalized spacial score (nSPS) is 12.0. The van der Waals surface area contributed by atoms with Crippen LogP contribution >= 0.6 is 35.0 Å². The van der Waals surface area contributed by atoms with Gasteiger partial charge in [0.2, 0.25) is 5.91 Å². The number of nitrogens with zero attached hydrogens (tertiary/aromatic N) is 2.